The van der Waals surface area contributed by atoms with Crippen LogP contribution in [0.3, 0.4) is 0 Å². The molecule has 0 spiro atoms. The predicted molar refractivity (Wildman–Crippen MR) is 45.5 cm³/mol. The molecule has 0 aromatic carbocycles. The molecule has 1 aliphatic rings. The van der Waals surface area contributed by atoms with Gasteiger partial charge in [0.15, 0.2) is 0 Å². The molecule has 0 aromatic heterocycles. The number of halogens is 1. The summed E-state index contributed by atoms with van der Waals surface area (Å²) in [5, 5.41) is 11.3. The van der Waals surface area contributed by atoms with Gasteiger partial charge in [0.25, 0.3) is 0 Å². The van der Waals surface area contributed by atoms with Crippen LogP contribution in [-0.2, 0) is 4.79 Å². The summed E-state index contributed by atoms with van der Waals surface area (Å²) >= 11 is 0. The minimum atomic E-state index is -0.858. The summed E-state index contributed by atoms with van der Waals surface area (Å²) in [5.41, 5.74) is -0.858. The van der Waals surface area contributed by atoms with E-state index in [9.17, 15) is 9.18 Å². The highest BCUT2D eigenvalue weighted by atomic mass is 19.1. The smallest absolute Gasteiger partial charge is 0.240 e. The molecule has 0 radical (unpaired) electrons. The third kappa shape index (κ3) is 1.80. The number of nitriles is 1. The van der Waals surface area contributed by atoms with Crippen LogP contribution in [0.1, 0.15) is 26.2 Å². The second kappa shape index (κ2) is 3.73. The number of nitrogens with one attached hydrogen (secondary N) is 1. The van der Waals surface area contributed by atoms with E-state index >= 15 is 0 Å². The number of amides is 1. The van der Waals surface area contributed by atoms with Crippen molar-refractivity contribution < 1.29 is 9.18 Å². The quantitative estimate of drug-likeness (QED) is 0.715. The Morgan fingerprint density at radius 1 is 1.77 bits per heavy atom. The Bertz CT molecular complexity index is 242. The van der Waals surface area contributed by atoms with Gasteiger partial charge in [-0.1, -0.05) is 0 Å². The maximum absolute atomic E-state index is 12.1. The average molecular weight is 184 g/mol. The average Bonchev–Trinajstić information content (AvgIpc) is 2.03. The lowest BCUT2D eigenvalue weighted by molar-refractivity contribution is -0.132. The summed E-state index contributed by atoms with van der Waals surface area (Å²) in [6.45, 7) is 0.995. The van der Waals surface area contributed by atoms with Crippen LogP contribution in [0.5, 0.6) is 0 Å². The Hall–Kier alpha value is -1.11. The minimum absolute atomic E-state index is 0.314. The van der Waals surface area contributed by atoms with E-state index in [1.807, 2.05) is 6.07 Å². The molecule has 1 atom stereocenters. The second-order valence-electron chi connectivity index (χ2n) is 3.58. The first-order valence-electron chi connectivity index (χ1n) is 4.43. The number of rotatable bonds is 3. The number of nitrogens with zero attached hydrogens (tertiary/aromatic N) is 1. The maximum Gasteiger partial charge on any atom is 0.240 e. The zero-order chi connectivity index (χ0) is 9.90. The fraction of sp³-hybridized carbons (Fsp3) is 0.778. The molecule has 1 amide bonds. The van der Waals surface area contributed by atoms with Gasteiger partial charge in [0.1, 0.15) is 12.1 Å². The van der Waals surface area contributed by atoms with E-state index in [2.05, 4.69) is 5.32 Å². The first-order chi connectivity index (χ1) is 6.14. The molecule has 72 valence electrons. The van der Waals surface area contributed by atoms with Gasteiger partial charge in [-0.05, 0) is 26.2 Å². The van der Waals surface area contributed by atoms with Crippen LogP contribution in [0.25, 0.3) is 0 Å². The fourth-order valence-corrected chi connectivity index (χ4v) is 1.32. The maximum atomic E-state index is 12.1. The van der Waals surface area contributed by atoms with Gasteiger partial charge in [-0.3, -0.25) is 4.79 Å². The highest BCUT2D eigenvalue weighted by Gasteiger charge is 2.44. The summed E-state index contributed by atoms with van der Waals surface area (Å²) < 4.78 is 12.1. The van der Waals surface area contributed by atoms with Crippen LogP contribution in [-0.4, -0.2) is 18.6 Å². The molecular weight excluding hydrogens is 171 g/mol. The Morgan fingerprint density at radius 3 is 2.69 bits per heavy atom. The Kier molecular flexibility index (Phi) is 2.86. The lowest BCUT2D eigenvalue weighted by Gasteiger charge is -2.34. The topological polar surface area (TPSA) is 52.9 Å². The summed E-state index contributed by atoms with van der Waals surface area (Å²) in [5.74, 6) is -0.314. The molecule has 1 unspecified atom stereocenters. The number of carbonyl (C=O) groups excluding carboxylic acids is 1. The van der Waals surface area contributed by atoms with Gasteiger partial charge in [0.2, 0.25) is 5.91 Å². The Balaban J connectivity index is 2.52. The lowest BCUT2D eigenvalue weighted by Crippen LogP contribution is -2.48. The molecule has 0 bridgehead atoms. The van der Waals surface area contributed by atoms with E-state index in [1.165, 1.54) is 0 Å². The van der Waals surface area contributed by atoms with Crippen molar-refractivity contribution in [3.05, 3.63) is 0 Å². The van der Waals surface area contributed by atoms with Crippen molar-refractivity contribution in [3.8, 4) is 6.07 Å². The third-order valence-corrected chi connectivity index (χ3v) is 2.46. The first-order valence-corrected chi connectivity index (χ1v) is 4.43. The molecule has 0 saturated heterocycles. The molecule has 1 rings (SSSR count). The standard InChI is InChI=1S/C9H13FN2O/c1-7(5-10)12-8(13)9(6-11)3-2-4-9/h7H,2-5H2,1H3,(H,12,13). The van der Waals surface area contributed by atoms with Crippen molar-refractivity contribution in [1.29, 1.82) is 5.26 Å². The van der Waals surface area contributed by atoms with E-state index in [1.54, 1.807) is 6.92 Å². The van der Waals surface area contributed by atoms with Crippen LogP contribution in [0.4, 0.5) is 4.39 Å². The van der Waals surface area contributed by atoms with E-state index in [4.69, 9.17) is 5.26 Å². The van der Waals surface area contributed by atoms with Crippen molar-refractivity contribution in [2.24, 2.45) is 5.41 Å². The van der Waals surface area contributed by atoms with Crippen molar-refractivity contribution >= 4 is 5.91 Å². The molecule has 1 aliphatic carbocycles. The van der Waals surface area contributed by atoms with Gasteiger partial charge in [-0.25, -0.2) is 4.39 Å². The van der Waals surface area contributed by atoms with E-state index in [0.717, 1.165) is 6.42 Å². The molecule has 1 N–H and O–H groups in total. The van der Waals surface area contributed by atoms with E-state index < -0.39 is 18.1 Å². The minimum Gasteiger partial charge on any atom is -0.350 e. The second-order valence-corrected chi connectivity index (χ2v) is 3.58. The Morgan fingerprint density at radius 2 is 2.38 bits per heavy atom. The summed E-state index contributed by atoms with van der Waals surface area (Å²) in [4.78, 5) is 11.4. The van der Waals surface area contributed by atoms with Crippen LogP contribution in [0.15, 0.2) is 0 Å². The van der Waals surface area contributed by atoms with Gasteiger partial charge in [-0.2, -0.15) is 5.26 Å². The zero-order valence-corrected chi connectivity index (χ0v) is 7.64. The highest BCUT2D eigenvalue weighted by molar-refractivity contribution is 5.86. The van der Waals surface area contributed by atoms with Crippen LogP contribution < -0.4 is 5.32 Å². The number of carbonyl (C=O) groups is 1. The normalized spacial score (nSPS) is 21.0. The summed E-state index contributed by atoms with van der Waals surface area (Å²) in [6.07, 6.45) is 2.12. The SMILES string of the molecule is CC(CF)NC(=O)C1(C#N)CCC1. The van der Waals surface area contributed by atoms with Gasteiger partial charge >= 0.3 is 0 Å². The molecule has 0 aliphatic heterocycles. The van der Waals surface area contributed by atoms with E-state index in [-0.39, 0.29) is 5.91 Å². The molecule has 4 heteroatoms. The monoisotopic (exact) mass is 184 g/mol. The van der Waals surface area contributed by atoms with Crippen LogP contribution in [0.2, 0.25) is 0 Å². The fourth-order valence-electron chi connectivity index (χ4n) is 1.32. The highest BCUT2D eigenvalue weighted by Crippen LogP contribution is 2.40. The zero-order valence-electron chi connectivity index (χ0n) is 7.64. The van der Waals surface area contributed by atoms with Crippen molar-refractivity contribution in [3.63, 3.8) is 0 Å². The largest absolute Gasteiger partial charge is 0.350 e. The predicted octanol–water partition coefficient (Wildman–Crippen LogP) is 1.15. The van der Waals surface area contributed by atoms with Gasteiger partial charge < -0.3 is 5.32 Å². The van der Waals surface area contributed by atoms with Crippen molar-refractivity contribution in [1.82, 2.24) is 5.32 Å². The van der Waals surface area contributed by atoms with Gasteiger partial charge in [0, 0.05) is 0 Å². The lowest BCUT2D eigenvalue weighted by atomic mass is 9.69. The third-order valence-electron chi connectivity index (χ3n) is 2.46. The molecule has 13 heavy (non-hydrogen) atoms. The number of alkyl halides is 1. The van der Waals surface area contributed by atoms with E-state index in [0.29, 0.717) is 12.8 Å². The molecule has 1 fully saturated rings. The van der Waals surface area contributed by atoms with Gasteiger partial charge in [-0.15, -0.1) is 0 Å². The molecular formula is C9H13FN2O. The number of hydrogen-bond acceptors (Lipinski definition) is 2. The molecule has 0 heterocycles. The summed E-state index contributed by atoms with van der Waals surface area (Å²) in [7, 11) is 0. The van der Waals surface area contributed by atoms with Crippen molar-refractivity contribution in [2.45, 2.75) is 32.2 Å². The number of hydrogen-bond donors (Lipinski definition) is 1. The van der Waals surface area contributed by atoms with Gasteiger partial charge in [0.05, 0.1) is 12.1 Å². The van der Waals surface area contributed by atoms with Crippen LogP contribution >= 0.6 is 0 Å². The first kappa shape index (κ1) is 9.97. The molecule has 1 saturated carbocycles. The Labute approximate surface area is 76.9 Å². The molecule has 0 aromatic rings. The van der Waals surface area contributed by atoms with Crippen molar-refractivity contribution in [2.75, 3.05) is 6.67 Å². The molecule has 3 nitrogen and oxygen atoms in total. The summed E-state index contributed by atoms with van der Waals surface area (Å²) in [6, 6.07) is 1.52. The van der Waals surface area contributed by atoms with Crippen LogP contribution in [0, 0.1) is 16.7 Å².